The van der Waals surface area contributed by atoms with E-state index in [4.69, 9.17) is 66.4 Å². The molecule has 0 spiro atoms. The summed E-state index contributed by atoms with van der Waals surface area (Å²) in [5.74, 6) is -3.44. The van der Waals surface area contributed by atoms with Gasteiger partial charge in [-0.2, -0.15) is 0 Å². The van der Waals surface area contributed by atoms with Gasteiger partial charge < -0.3 is 66.4 Å². The van der Waals surface area contributed by atoms with Crippen LogP contribution >= 0.6 is 0 Å². The zero-order valence-electron chi connectivity index (χ0n) is 54.6. The van der Waals surface area contributed by atoms with Crippen LogP contribution in [0.3, 0.4) is 0 Å². The van der Waals surface area contributed by atoms with E-state index in [2.05, 4.69) is 57.2 Å². The van der Waals surface area contributed by atoms with Crippen LogP contribution in [0.5, 0.6) is 0 Å². The van der Waals surface area contributed by atoms with Crippen molar-refractivity contribution in [2.75, 3.05) is 13.2 Å². The van der Waals surface area contributed by atoms with Crippen molar-refractivity contribution in [3.05, 3.63) is 36.5 Å². The average Bonchev–Trinajstić information content (AvgIpc) is 3.52. The van der Waals surface area contributed by atoms with E-state index in [9.17, 15) is 24.0 Å². The topological polar surface area (TPSA) is 348 Å². The fraction of sp³-hybridized carbons (Fsp3) is 0.838. The van der Waals surface area contributed by atoms with Crippen LogP contribution in [0.15, 0.2) is 36.5 Å². The number of aliphatic hydroxyl groups is 10. The summed E-state index contributed by atoms with van der Waals surface area (Å²) < 4.78 is 0. The Morgan fingerprint density at radius 3 is 0.616 bits per heavy atom. The molecule has 0 unspecified atom stereocenters. The van der Waals surface area contributed by atoms with Crippen LogP contribution in [-0.4, -0.2) is 158 Å². The molecular weight excluding hydrogens is 1100 g/mol. The molecule has 0 aromatic carbocycles. The van der Waals surface area contributed by atoms with Crippen LogP contribution in [0.25, 0.3) is 0 Å². The van der Waals surface area contributed by atoms with Crippen molar-refractivity contribution in [1.82, 2.24) is 0 Å². The molecule has 0 radical (unpaired) electrons. The van der Waals surface area contributed by atoms with Gasteiger partial charge in [0, 0.05) is 19.3 Å². The number of allylic oxidation sites excluding steroid dienone is 6. The highest BCUT2D eigenvalue weighted by molar-refractivity contribution is 5.81. The lowest BCUT2D eigenvalue weighted by Gasteiger charge is -2.23. The van der Waals surface area contributed by atoms with E-state index in [0.717, 1.165) is 52.4 Å². The monoisotopic (exact) mass is 1230 g/mol. The lowest BCUT2D eigenvalue weighted by atomic mass is 10.0. The predicted octanol–water partition coefficient (Wildman–Crippen LogP) is 12.3. The first-order valence-electron chi connectivity index (χ1n) is 33.4. The smallest absolute Gasteiger partial charge is 0.303 e. The third-order valence-electron chi connectivity index (χ3n) is 14.3. The van der Waals surface area contributed by atoms with Crippen LogP contribution in [0.1, 0.15) is 304 Å². The Morgan fingerprint density at radius 1 is 0.279 bits per heavy atom. The highest BCUT2D eigenvalue weighted by atomic mass is 16.4. The zero-order valence-corrected chi connectivity index (χ0v) is 54.6. The van der Waals surface area contributed by atoms with Crippen LogP contribution in [0, 0.1) is 0 Å². The highest BCUT2D eigenvalue weighted by Crippen LogP contribution is 2.14. The number of hydrogen-bond acceptors (Lipinski definition) is 15. The van der Waals surface area contributed by atoms with Gasteiger partial charge in [-0.05, 0) is 110 Å². The van der Waals surface area contributed by atoms with Gasteiger partial charge in [0.25, 0.3) is 0 Å². The first kappa shape index (κ1) is 91.3. The molecule has 0 fully saturated rings. The van der Waals surface area contributed by atoms with Gasteiger partial charge in [0.1, 0.15) is 48.8 Å². The number of carbonyl (C=O) groups is 5. The third-order valence-corrected chi connectivity index (χ3v) is 14.3. The molecule has 0 aromatic rings. The van der Waals surface area contributed by atoms with Crippen LogP contribution in [0.4, 0.5) is 0 Å². The average molecular weight is 1240 g/mol. The van der Waals surface area contributed by atoms with E-state index in [1.165, 1.54) is 212 Å². The van der Waals surface area contributed by atoms with Crippen LogP contribution in [0.2, 0.25) is 0 Å². The summed E-state index contributed by atoms with van der Waals surface area (Å²) in [6.45, 7) is 7.32. The van der Waals surface area contributed by atoms with Gasteiger partial charge >= 0.3 is 17.9 Å². The highest BCUT2D eigenvalue weighted by Gasteiger charge is 2.33. The van der Waals surface area contributed by atoms with Crippen molar-refractivity contribution < 1.29 is 90.4 Å². The third kappa shape index (κ3) is 73.0. The maximum atomic E-state index is 10.5. The lowest BCUT2D eigenvalue weighted by molar-refractivity contribution is -0.145. The fourth-order valence-corrected chi connectivity index (χ4v) is 8.57. The molecule has 86 heavy (non-hydrogen) atoms. The van der Waals surface area contributed by atoms with Crippen molar-refractivity contribution in [3.63, 3.8) is 0 Å². The molecule has 0 aliphatic heterocycles. The van der Waals surface area contributed by atoms with Gasteiger partial charge in [-0.25, -0.2) is 0 Å². The molecule has 13 N–H and O–H groups in total. The Balaban J connectivity index is -0.000000322. The number of rotatable bonds is 55. The Bertz CT molecular complexity index is 1420. The molecule has 0 heterocycles. The summed E-state index contributed by atoms with van der Waals surface area (Å²) in [7, 11) is 0. The van der Waals surface area contributed by atoms with Crippen molar-refractivity contribution in [1.29, 1.82) is 0 Å². The van der Waals surface area contributed by atoms with E-state index >= 15 is 0 Å². The number of ketones is 2. The maximum Gasteiger partial charge on any atom is 0.303 e. The number of hydrogen-bond donors (Lipinski definition) is 13. The number of aliphatic hydroxyl groups excluding tert-OH is 10. The van der Waals surface area contributed by atoms with Crippen LogP contribution in [-0.2, 0) is 24.0 Å². The summed E-state index contributed by atoms with van der Waals surface area (Å²) in [6.07, 6.45) is 50.0. The molecule has 18 heteroatoms. The molecule has 0 saturated carbocycles. The molecular formula is C68H130O18. The maximum absolute atomic E-state index is 10.5. The second kappa shape index (κ2) is 72.3. The molecule has 0 bridgehead atoms. The Kier molecular flexibility index (Phi) is 76.8. The molecule has 0 aliphatic carbocycles. The van der Waals surface area contributed by atoms with E-state index in [-0.39, 0.29) is 0 Å². The minimum atomic E-state index is -1.79. The van der Waals surface area contributed by atoms with E-state index in [1.807, 2.05) is 0 Å². The van der Waals surface area contributed by atoms with Gasteiger partial charge in [0.05, 0.1) is 13.2 Å². The molecule has 0 amide bonds. The minimum Gasteiger partial charge on any atom is -0.481 e. The number of carboxylic acid groups (broad SMARTS) is 3. The molecule has 0 rings (SSSR count). The Hall–Kier alpha value is -3.43. The Morgan fingerprint density at radius 2 is 0.453 bits per heavy atom. The molecule has 0 aromatic heterocycles. The first-order valence-corrected chi connectivity index (χ1v) is 33.4. The van der Waals surface area contributed by atoms with Crippen molar-refractivity contribution in [2.45, 2.75) is 353 Å². The van der Waals surface area contributed by atoms with E-state index < -0.39 is 91.5 Å². The molecule has 0 saturated heterocycles. The van der Waals surface area contributed by atoms with E-state index in [0.29, 0.717) is 19.3 Å². The standard InChI is InChI=1S/3C18H34O2.2C7H14O6/c3*1-2-3-4-5-6-7-8-9-10-11-12-13-14-15-16-17-18(19)20;2*1-3(9)5(11)7(13)6(12)4(10)2-8/h3*9-10H,2-8,11-17H2,1H3,(H,19,20);2*4-8,10-13H,2H2,1H3/b3*10-9-;;/t;;;2*4-,5+,6-,7-/m...11/s1. The first-order chi connectivity index (χ1) is 41.1. The summed E-state index contributed by atoms with van der Waals surface area (Å²) >= 11 is 0. The Labute approximate surface area is 520 Å². The van der Waals surface area contributed by atoms with Crippen molar-refractivity contribution in [3.8, 4) is 0 Å². The van der Waals surface area contributed by atoms with Crippen LogP contribution < -0.4 is 0 Å². The zero-order chi connectivity index (χ0) is 65.9. The van der Waals surface area contributed by atoms with Gasteiger partial charge in [0.2, 0.25) is 0 Å². The number of Topliss-reactive ketones (excluding diaryl/α,β-unsaturated/α-hetero) is 2. The second-order valence-corrected chi connectivity index (χ2v) is 22.8. The molecule has 18 nitrogen and oxygen atoms in total. The SMILES string of the molecule is CC(=O)[C@H](O)[C@@H](O)[C@H](O)[C@H](O)CO.CC(=O)[C@H](O)[C@@H](O)[C@H](O)[C@H](O)CO.CCCCCCCC/C=C\CCCCCCCC(=O)O.CCCCCCCC/C=C\CCCCCCCC(=O)O.CCCCCCCC/C=C\CCCCCCCC(=O)O. The molecule has 8 atom stereocenters. The number of carboxylic acids is 3. The fourth-order valence-electron chi connectivity index (χ4n) is 8.57. The van der Waals surface area contributed by atoms with Gasteiger partial charge in [-0.15, -0.1) is 0 Å². The normalized spacial score (nSPS) is 14.0. The predicted molar refractivity (Wildman–Crippen MR) is 345 cm³/mol. The van der Waals surface area contributed by atoms with Crippen molar-refractivity contribution >= 4 is 29.5 Å². The van der Waals surface area contributed by atoms with E-state index in [1.54, 1.807) is 0 Å². The van der Waals surface area contributed by atoms with Gasteiger partial charge in [-0.3, -0.25) is 24.0 Å². The number of carbonyl (C=O) groups excluding carboxylic acids is 2. The largest absolute Gasteiger partial charge is 0.481 e. The van der Waals surface area contributed by atoms with Gasteiger partial charge in [-0.1, -0.05) is 211 Å². The lowest BCUT2D eigenvalue weighted by Crippen LogP contribution is -2.48. The quantitative estimate of drug-likeness (QED) is 0.0199. The van der Waals surface area contributed by atoms with Crippen molar-refractivity contribution in [2.24, 2.45) is 0 Å². The molecule has 510 valence electrons. The summed E-state index contributed by atoms with van der Waals surface area (Å²) in [6, 6.07) is 0. The summed E-state index contributed by atoms with van der Waals surface area (Å²) in [5, 5.41) is 114. The molecule has 0 aliphatic rings. The number of aliphatic carboxylic acids is 3. The minimum absolute atomic E-state index is 0.332. The summed E-state index contributed by atoms with van der Waals surface area (Å²) in [5.41, 5.74) is 0. The second-order valence-electron chi connectivity index (χ2n) is 22.8. The summed E-state index contributed by atoms with van der Waals surface area (Å²) in [4.78, 5) is 52.0. The van der Waals surface area contributed by atoms with Gasteiger partial charge in [0.15, 0.2) is 11.6 Å². The number of unbranched alkanes of at least 4 members (excludes halogenated alkanes) is 33.